The first-order valence-electron chi connectivity index (χ1n) is 4.13. The molecule has 0 aromatic heterocycles. The van der Waals surface area contributed by atoms with Gasteiger partial charge in [0.25, 0.3) is 0 Å². The Morgan fingerprint density at radius 1 is 1.06 bits per heavy atom. The number of halogens is 1. The standard InChI is InChI=1S/C5H13ClO9P2/c6-16(10,15-17(11,12)13)14-4-5(1-7,2-8)3-9/h7-9H,1-4H2,(H2,11,12,13). The average molecular weight is 315 g/mol. The molecule has 0 aliphatic heterocycles. The van der Waals surface area contributed by atoms with Crippen LogP contribution in [0.2, 0.25) is 0 Å². The van der Waals surface area contributed by atoms with Gasteiger partial charge in [0.1, 0.15) is 0 Å². The molecule has 0 aliphatic carbocycles. The predicted molar refractivity (Wildman–Crippen MR) is 56.2 cm³/mol. The molecule has 1 atom stereocenters. The Labute approximate surface area is 102 Å². The minimum absolute atomic E-state index is 0.711. The summed E-state index contributed by atoms with van der Waals surface area (Å²) in [6.45, 7) is -7.43. The van der Waals surface area contributed by atoms with Crippen molar-refractivity contribution in [3.8, 4) is 0 Å². The Hall–Kier alpha value is 0.470. The van der Waals surface area contributed by atoms with Crippen LogP contribution >= 0.6 is 26.0 Å². The van der Waals surface area contributed by atoms with E-state index in [4.69, 9.17) is 36.3 Å². The van der Waals surface area contributed by atoms with E-state index in [9.17, 15) is 9.13 Å². The van der Waals surface area contributed by atoms with Gasteiger partial charge in [-0.15, -0.1) is 0 Å². The first-order valence-corrected chi connectivity index (χ1v) is 8.11. The van der Waals surface area contributed by atoms with Gasteiger partial charge in [-0.2, -0.15) is 4.31 Å². The Balaban J connectivity index is 4.54. The van der Waals surface area contributed by atoms with Crippen LogP contribution in [0.5, 0.6) is 0 Å². The zero-order valence-electron chi connectivity index (χ0n) is 8.47. The fourth-order valence-corrected chi connectivity index (χ4v) is 3.15. The lowest BCUT2D eigenvalue weighted by Crippen LogP contribution is -2.38. The van der Waals surface area contributed by atoms with Gasteiger partial charge in [-0.05, 0) is 0 Å². The van der Waals surface area contributed by atoms with Gasteiger partial charge in [0.15, 0.2) is 0 Å². The maximum Gasteiger partial charge on any atom is 0.477 e. The van der Waals surface area contributed by atoms with Crippen molar-refractivity contribution in [3.63, 3.8) is 0 Å². The SMILES string of the molecule is O=P(O)(O)OP(=O)(Cl)OCC(CO)(CO)CO. The van der Waals surface area contributed by atoms with Gasteiger partial charge < -0.3 is 25.1 Å². The van der Waals surface area contributed by atoms with Crippen LogP contribution in [0, 0.1) is 5.41 Å². The highest BCUT2D eigenvalue weighted by Crippen LogP contribution is 2.64. The first-order chi connectivity index (χ1) is 7.60. The predicted octanol–water partition coefficient (Wildman–Crippen LogP) is -0.578. The van der Waals surface area contributed by atoms with Crippen LogP contribution in [-0.4, -0.2) is 51.5 Å². The lowest BCUT2D eigenvalue weighted by Gasteiger charge is -2.27. The molecule has 9 nitrogen and oxygen atoms in total. The van der Waals surface area contributed by atoms with Crippen LogP contribution < -0.4 is 0 Å². The summed E-state index contributed by atoms with van der Waals surface area (Å²) in [5.41, 5.74) is -1.54. The number of hydrogen-bond donors (Lipinski definition) is 5. The summed E-state index contributed by atoms with van der Waals surface area (Å²) in [6.07, 6.45) is 0. The van der Waals surface area contributed by atoms with E-state index in [1.54, 1.807) is 0 Å². The van der Waals surface area contributed by atoms with Crippen molar-refractivity contribution >= 4 is 26.0 Å². The molecule has 0 aromatic carbocycles. The summed E-state index contributed by atoms with van der Waals surface area (Å²) < 4.78 is 29.6. The first kappa shape index (κ1) is 17.5. The zero-order valence-corrected chi connectivity index (χ0v) is 11.0. The molecule has 5 N–H and O–H groups in total. The highest BCUT2D eigenvalue weighted by molar-refractivity contribution is 7.85. The molecule has 0 spiro atoms. The third-order valence-electron chi connectivity index (χ3n) is 1.74. The van der Waals surface area contributed by atoms with Crippen LogP contribution in [0.3, 0.4) is 0 Å². The van der Waals surface area contributed by atoms with Gasteiger partial charge in [0.05, 0.1) is 31.8 Å². The van der Waals surface area contributed by atoms with Crippen LogP contribution in [0.4, 0.5) is 0 Å². The second-order valence-electron chi connectivity index (χ2n) is 3.25. The molecule has 0 heterocycles. The third kappa shape index (κ3) is 6.83. The van der Waals surface area contributed by atoms with Crippen molar-refractivity contribution in [1.29, 1.82) is 0 Å². The normalized spacial score (nSPS) is 16.8. The van der Waals surface area contributed by atoms with Crippen molar-refractivity contribution in [2.45, 2.75) is 0 Å². The number of phosphoric acid groups is 1. The van der Waals surface area contributed by atoms with E-state index in [1.807, 2.05) is 0 Å². The van der Waals surface area contributed by atoms with Crippen LogP contribution in [0.1, 0.15) is 0 Å². The number of aliphatic hydroxyl groups is 3. The number of rotatable bonds is 8. The van der Waals surface area contributed by atoms with E-state index >= 15 is 0 Å². The van der Waals surface area contributed by atoms with E-state index in [-0.39, 0.29) is 0 Å². The fourth-order valence-electron chi connectivity index (χ4n) is 0.652. The largest absolute Gasteiger partial charge is 0.477 e. The van der Waals surface area contributed by atoms with E-state index in [2.05, 4.69) is 8.83 Å². The van der Waals surface area contributed by atoms with Gasteiger partial charge in [0, 0.05) is 11.2 Å². The highest BCUT2D eigenvalue weighted by Gasteiger charge is 2.37. The molecule has 0 bridgehead atoms. The molecule has 0 fully saturated rings. The third-order valence-corrected chi connectivity index (χ3v) is 4.65. The lowest BCUT2D eigenvalue weighted by atomic mass is 9.93. The van der Waals surface area contributed by atoms with Crippen molar-refractivity contribution in [3.05, 3.63) is 0 Å². The molecule has 0 rings (SSSR count). The maximum atomic E-state index is 11.2. The van der Waals surface area contributed by atoms with Crippen LogP contribution in [0.25, 0.3) is 0 Å². The van der Waals surface area contributed by atoms with Gasteiger partial charge in [-0.25, -0.2) is 9.13 Å². The average Bonchev–Trinajstić information content (AvgIpc) is 2.17. The molecule has 104 valence electrons. The van der Waals surface area contributed by atoms with E-state index in [0.29, 0.717) is 0 Å². The lowest BCUT2D eigenvalue weighted by molar-refractivity contribution is -0.0267. The molecule has 0 radical (unpaired) electrons. The minimum atomic E-state index is -5.10. The Morgan fingerprint density at radius 2 is 1.47 bits per heavy atom. The minimum Gasteiger partial charge on any atom is -0.396 e. The summed E-state index contributed by atoms with van der Waals surface area (Å²) in [5.74, 6) is 0. The molecule has 0 aliphatic rings. The summed E-state index contributed by atoms with van der Waals surface area (Å²) in [7, 11) is -5.10. The maximum absolute atomic E-state index is 11.2. The fraction of sp³-hybridized carbons (Fsp3) is 1.00. The number of hydrogen-bond acceptors (Lipinski definition) is 7. The molecular weight excluding hydrogens is 301 g/mol. The van der Waals surface area contributed by atoms with Crippen molar-refractivity contribution in [1.82, 2.24) is 0 Å². The molecule has 17 heavy (non-hydrogen) atoms. The molecule has 12 heteroatoms. The Bertz CT molecular complexity index is 315. The molecule has 1 unspecified atom stereocenters. The van der Waals surface area contributed by atoms with Gasteiger partial charge in [-0.3, -0.25) is 4.52 Å². The molecular formula is C5H13ClO9P2. The number of aliphatic hydroxyl groups excluding tert-OH is 3. The van der Waals surface area contributed by atoms with Gasteiger partial charge in [-0.1, -0.05) is 0 Å². The Kier molecular flexibility index (Phi) is 6.76. The summed E-state index contributed by atoms with van der Waals surface area (Å²) in [5, 5.41) is 26.6. The van der Waals surface area contributed by atoms with E-state index in [1.165, 1.54) is 0 Å². The zero-order chi connectivity index (χ0) is 13.7. The smallest absolute Gasteiger partial charge is 0.396 e. The Morgan fingerprint density at radius 3 is 1.76 bits per heavy atom. The van der Waals surface area contributed by atoms with Crippen molar-refractivity contribution in [2.75, 3.05) is 26.4 Å². The molecule has 0 saturated heterocycles. The van der Waals surface area contributed by atoms with Crippen LogP contribution in [0.15, 0.2) is 0 Å². The molecule has 0 saturated carbocycles. The van der Waals surface area contributed by atoms with Crippen molar-refractivity contribution < 1.29 is 43.1 Å². The van der Waals surface area contributed by atoms with Gasteiger partial charge >= 0.3 is 14.8 Å². The van der Waals surface area contributed by atoms with Gasteiger partial charge in [0.2, 0.25) is 0 Å². The van der Waals surface area contributed by atoms with E-state index in [0.717, 1.165) is 0 Å². The topological polar surface area (TPSA) is 154 Å². The second-order valence-corrected chi connectivity index (χ2v) is 7.25. The summed E-state index contributed by atoms with van der Waals surface area (Å²) >= 11 is 5.07. The monoisotopic (exact) mass is 314 g/mol. The van der Waals surface area contributed by atoms with E-state index < -0.39 is 46.6 Å². The summed E-state index contributed by atoms with van der Waals surface area (Å²) in [6, 6.07) is 0. The summed E-state index contributed by atoms with van der Waals surface area (Å²) in [4.78, 5) is 16.7. The van der Waals surface area contributed by atoms with Crippen LogP contribution in [-0.2, 0) is 18.0 Å². The molecule has 0 aromatic rings. The highest BCUT2D eigenvalue weighted by atomic mass is 35.7. The van der Waals surface area contributed by atoms with Crippen molar-refractivity contribution in [2.24, 2.45) is 5.41 Å². The second kappa shape index (κ2) is 6.58. The quantitative estimate of drug-likeness (QED) is 0.370. The molecule has 0 amide bonds.